The number of hydrogen-bond acceptors (Lipinski definition) is 4. The Balaban J connectivity index is 2.50. The van der Waals surface area contributed by atoms with E-state index in [0.29, 0.717) is 11.3 Å². The van der Waals surface area contributed by atoms with E-state index in [9.17, 15) is 9.59 Å². The van der Waals surface area contributed by atoms with Crippen molar-refractivity contribution in [2.45, 2.75) is 0 Å². The molecule has 1 aromatic carbocycles. The van der Waals surface area contributed by atoms with Crippen molar-refractivity contribution in [2.75, 3.05) is 7.11 Å². The fourth-order valence-corrected chi connectivity index (χ4v) is 1.86. The van der Waals surface area contributed by atoms with Gasteiger partial charge in [-0.15, -0.1) is 0 Å². The molecule has 0 aliphatic carbocycles. The minimum absolute atomic E-state index is 0.0722. The molecule has 0 aliphatic rings. The minimum Gasteiger partial charge on any atom is -0.477 e. The number of carboxylic acid groups (broad SMARTS) is 1. The Bertz CT molecular complexity index is 685. The van der Waals surface area contributed by atoms with Crippen LogP contribution in [0.3, 0.4) is 0 Å². The molecule has 0 spiro atoms. The monoisotopic (exact) mass is 291 g/mol. The molecular weight excluding hydrogens is 282 g/mol. The zero-order valence-electron chi connectivity index (χ0n) is 10.5. The maximum Gasteiger partial charge on any atom is 0.354 e. The molecule has 0 radical (unpaired) electrons. The molecule has 0 atom stereocenters. The van der Waals surface area contributed by atoms with E-state index in [0.717, 1.165) is 0 Å². The third-order valence-electron chi connectivity index (χ3n) is 2.64. The Morgan fingerprint density at radius 3 is 2.65 bits per heavy atom. The van der Waals surface area contributed by atoms with Crippen molar-refractivity contribution < 1.29 is 19.4 Å². The first-order chi connectivity index (χ1) is 9.52. The molecule has 0 saturated heterocycles. The second-order valence-corrected chi connectivity index (χ2v) is 4.31. The van der Waals surface area contributed by atoms with Gasteiger partial charge in [-0.25, -0.2) is 14.6 Å². The van der Waals surface area contributed by atoms with Gasteiger partial charge in [0.1, 0.15) is 5.69 Å². The van der Waals surface area contributed by atoms with Crippen molar-refractivity contribution in [3.63, 3.8) is 0 Å². The van der Waals surface area contributed by atoms with Gasteiger partial charge in [-0.3, -0.25) is 0 Å². The number of pyridine rings is 1. The third kappa shape index (κ3) is 2.78. The second-order valence-electron chi connectivity index (χ2n) is 3.90. The molecule has 5 nitrogen and oxygen atoms in total. The van der Waals surface area contributed by atoms with E-state index in [-0.39, 0.29) is 16.3 Å². The number of carboxylic acids is 1. The molecule has 1 aromatic heterocycles. The molecule has 2 rings (SSSR count). The highest BCUT2D eigenvalue weighted by Gasteiger charge is 2.13. The predicted octanol–water partition coefficient (Wildman–Crippen LogP) is 2.89. The van der Waals surface area contributed by atoms with Crippen molar-refractivity contribution in [1.82, 2.24) is 4.98 Å². The van der Waals surface area contributed by atoms with Crippen LogP contribution in [0.5, 0.6) is 0 Å². The molecule has 6 heteroatoms. The van der Waals surface area contributed by atoms with Gasteiger partial charge in [0.05, 0.1) is 23.4 Å². The molecular formula is C14H10ClNO4. The van der Waals surface area contributed by atoms with E-state index in [1.54, 1.807) is 18.2 Å². The van der Waals surface area contributed by atoms with Gasteiger partial charge in [-0.05, 0) is 24.3 Å². The normalized spacial score (nSPS) is 10.1. The van der Waals surface area contributed by atoms with E-state index in [1.165, 1.54) is 25.3 Å². The van der Waals surface area contributed by atoms with E-state index < -0.39 is 11.9 Å². The zero-order chi connectivity index (χ0) is 14.7. The van der Waals surface area contributed by atoms with Gasteiger partial charge in [-0.2, -0.15) is 0 Å². The lowest BCUT2D eigenvalue weighted by molar-refractivity contribution is 0.0600. The molecule has 102 valence electrons. The lowest BCUT2D eigenvalue weighted by atomic mass is 10.1. The van der Waals surface area contributed by atoms with E-state index in [2.05, 4.69) is 9.72 Å². The van der Waals surface area contributed by atoms with E-state index in [4.69, 9.17) is 16.7 Å². The number of aromatic carboxylic acids is 1. The number of esters is 1. The van der Waals surface area contributed by atoms with E-state index >= 15 is 0 Å². The van der Waals surface area contributed by atoms with Crippen LogP contribution in [0, 0.1) is 0 Å². The molecule has 1 heterocycles. The lowest BCUT2D eigenvalue weighted by Gasteiger charge is -2.06. The number of benzene rings is 1. The quantitative estimate of drug-likeness (QED) is 0.880. The van der Waals surface area contributed by atoms with Crippen molar-refractivity contribution in [1.29, 1.82) is 0 Å². The summed E-state index contributed by atoms with van der Waals surface area (Å²) in [5.74, 6) is -1.68. The van der Waals surface area contributed by atoms with Crippen molar-refractivity contribution in [3.8, 4) is 11.3 Å². The summed E-state index contributed by atoms with van der Waals surface area (Å²) in [5, 5.41) is 9.18. The van der Waals surface area contributed by atoms with Gasteiger partial charge in [-0.1, -0.05) is 23.7 Å². The largest absolute Gasteiger partial charge is 0.477 e. The molecule has 0 saturated carbocycles. The molecule has 0 fully saturated rings. The molecule has 0 bridgehead atoms. The van der Waals surface area contributed by atoms with Crippen molar-refractivity contribution in [2.24, 2.45) is 0 Å². The fraction of sp³-hybridized carbons (Fsp3) is 0.0714. The molecule has 0 unspecified atom stereocenters. The number of halogens is 1. The number of ether oxygens (including phenoxy) is 1. The average molecular weight is 292 g/mol. The topological polar surface area (TPSA) is 76.5 Å². The lowest BCUT2D eigenvalue weighted by Crippen LogP contribution is -2.03. The van der Waals surface area contributed by atoms with E-state index in [1.807, 2.05) is 0 Å². The van der Waals surface area contributed by atoms with Crippen LogP contribution < -0.4 is 0 Å². The summed E-state index contributed by atoms with van der Waals surface area (Å²) in [7, 11) is 1.26. The smallest absolute Gasteiger partial charge is 0.354 e. The Hall–Kier alpha value is -2.40. The number of aromatic nitrogens is 1. The molecule has 20 heavy (non-hydrogen) atoms. The van der Waals surface area contributed by atoms with Crippen LogP contribution in [0.1, 0.15) is 20.8 Å². The summed E-state index contributed by atoms with van der Waals surface area (Å²) in [5.41, 5.74) is 1.15. The highest BCUT2D eigenvalue weighted by molar-refractivity contribution is 6.33. The Morgan fingerprint density at radius 2 is 2.00 bits per heavy atom. The van der Waals surface area contributed by atoms with Crippen LogP contribution >= 0.6 is 11.6 Å². The van der Waals surface area contributed by atoms with Crippen molar-refractivity contribution in [3.05, 3.63) is 52.7 Å². The van der Waals surface area contributed by atoms with Crippen LogP contribution in [0.4, 0.5) is 0 Å². The number of carbonyl (C=O) groups is 2. The summed E-state index contributed by atoms with van der Waals surface area (Å²) in [6, 6.07) is 9.33. The maximum absolute atomic E-state index is 11.6. The summed E-state index contributed by atoms with van der Waals surface area (Å²) in [6.07, 6.45) is 0. The van der Waals surface area contributed by atoms with Crippen LogP contribution in [-0.4, -0.2) is 29.1 Å². The highest BCUT2D eigenvalue weighted by Crippen LogP contribution is 2.24. The maximum atomic E-state index is 11.6. The van der Waals surface area contributed by atoms with Crippen LogP contribution in [-0.2, 0) is 4.74 Å². The summed E-state index contributed by atoms with van der Waals surface area (Å²) >= 11 is 5.92. The van der Waals surface area contributed by atoms with Gasteiger partial charge in [0.25, 0.3) is 0 Å². The van der Waals surface area contributed by atoms with Crippen LogP contribution in [0.15, 0.2) is 36.4 Å². The predicted molar refractivity (Wildman–Crippen MR) is 73.0 cm³/mol. The Morgan fingerprint density at radius 1 is 1.25 bits per heavy atom. The fourth-order valence-electron chi connectivity index (χ4n) is 1.67. The minimum atomic E-state index is -1.12. The first-order valence-electron chi connectivity index (χ1n) is 5.61. The van der Waals surface area contributed by atoms with Gasteiger partial charge >= 0.3 is 11.9 Å². The summed E-state index contributed by atoms with van der Waals surface area (Å²) < 4.78 is 4.63. The number of hydrogen-bond donors (Lipinski definition) is 1. The standard InChI is InChI=1S/C14H10ClNO4/c1-20-14(19)9-7-8(5-6-10(9)15)11-3-2-4-12(16-11)13(17)18/h2-7H,1H3,(H,17,18). The molecule has 1 N–H and O–H groups in total. The second kappa shape index (κ2) is 5.71. The third-order valence-corrected chi connectivity index (χ3v) is 2.97. The molecule has 0 amide bonds. The van der Waals surface area contributed by atoms with Gasteiger partial charge in [0.2, 0.25) is 0 Å². The first-order valence-corrected chi connectivity index (χ1v) is 5.99. The van der Waals surface area contributed by atoms with Crippen LogP contribution in [0.2, 0.25) is 5.02 Å². The number of nitrogens with zero attached hydrogens (tertiary/aromatic N) is 1. The Kier molecular flexibility index (Phi) is 4.00. The first kappa shape index (κ1) is 14.0. The highest BCUT2D eigenvalue weighted by atomic mass is 35.5. The average Bonchev–Trinajstić information content (AvgIpc) is 2.47. The van der Waals surface area contributed by atoms with Gasteiger partial charge in [0.15, 0.2) is 0 Å². The summed E-state index contributed by atoms with van der Waals surface area (Å²) in [6.45, 7) is 0. The van der Waals surface area contributed by atoms with Gasteiger partial charge in [0, 0.05) is 5.56 Å². The number of carbonyl (C=O) groups excluding carboxylic acids is 1. The zero-order valence-corrected chi connectivity index (χ0v) is 11.2. The number of rotatable bonds is 3. The molecule has 0 aliphatic heterocycles. The SMILES string of the molecule is COC(=O)c1cc(-c2cccc(C(=O)O)n2)ccc1Cl. The van der Waals surface area contributed by atoms with Crippen LogP contribution in [0.25, 0.3) is 11.3 Å². The molecule has 2 aromatic rings. The van der Waals surface area contributed by atoms with Crippen molar-refractivity contribution >= 4 is 23.5 Å². The van der Waals surface area contributed by atoms with Gasteiger partial charge < -0.3 is 9.84 Å². The number of methoxy groups -OCH3 is 1. The Labute approximate surface area is 119 Å². The summed E-state index contributed by atoms with van der Waals surface area (Å²) in [4.78, 5) is 26.5.